The maximum absolute atomic E-state index is 4.40. The summed E-state index contributed by atoms with van der Waals surface area (Å²) < 4.78 is 0. The number of anilines is 2. The van der Waals surface area contributed by atoms with Gasteiger partial charge in [0.15, 0.2) is 0 Å². The summed E-state index contributed by atoms with van der Waals surface area (Å²) in [7, 11) is 4.01. The van der Waals surface area contributed by atoms with E-state index in [1.807, 2.05) is 37.0 Å². The van der Waals surface area contributed by atoms with Crippen LogP contribution in [0.4, 0.5) is 11.5 Å². The monoisotopic (exact) mass is 237 g/mol. The summed E-state index contributed by atoms with van der Waals surface area (Å²) in [5.74, 6) is 2.27. The second kappa shape index (κ2) is 4.95. The standard InChI is InChI=1S/C12H19N3S/c1-9-11(6-7-16-9)14-10-4-5-12(13-8-10)15(2)3/h4-5,8-9,11,14H,6-7H2,1-3H3. The van der Waals surface area contributed by atoms with Crippen molar-refractivity contribution in [3.63, 3.8) is 0 Å². The Bertz CT molecular complexity index is 337. The summed E-state index contributed by atoms with van der Waals surface area (Å²) in [5, 5.41) is 4.26. The maximum Gasteiger partial charge on any atom is 0.128 e. The van der Waals surface area contributed by atoms with Gasteiger partial charge >= 0.3 is 0 Å². The maximum atomic E-state index is 4.40. The molecule has 1 saturated heterocycles. The van der Waals surface area contributed by atoms with E-state index in [1.165, 1.54) is 12.2 Å². The summed E-state index contributed by atoms with van der Waals surface area (Å²) in [5.41, 5.74) is 1.13. The molecule has 88 valence electrons. The van der Waals surface area contributed by atoms with Crippen LogP contribution in [0.5, 0.6) is 0 Å². The van der Waals surface area contributed by atoms with Crippen molar-refractivity contribution in [1.29, 1.82) is 0 Å². The van der Waals surface area contributed by atoms with Crippen LogP contribution in [-0.2, 0) is 0 Å². The largest absolute Gasteiger partial charge is 0.380 e. The number of hydrogen-bond acceptors (Lipinski definition) is 4. The molecule has 1 aromatic heterocycles. The zero-order valence-corrected chi connectivity index (χ0v) is 10.9. The Morgan fingerprint density at radius 2 is 2.25 bits per heavy atom. The van der Waals surface area contributed by atoms with Crippen LogP contribution in [0, 0.1) is 0 Å². The molecule has 0 aliphatic carbocycles. The Labute approximate surface area is 102 Å². The number of rotatable bonds is 3. The van der Waals surface area contributed by atoms with Gasteiger partial charge in [-0.25, -0.2) is 4.98 Å². The number of hydrogen-bond donors (Lipinski definition) is 1. The van der Waals surface area contributed by atoms with E-state index in [9.17, 15) is 0 Å². The smallest absolute Gasteiger partial charge is 0.128 e. The molecule has 0 saturated carbocycles. The molecule has 2 atom stereocenters. The molecule has 0 aromatic carbocycles. The van der Waals surface area contributed by atoms with Gasteiger partial charge in [-0.3, -0.25) is 0 Å². The number of aromatic nitrogens is 1. The normalized spacial score (nSPS) is 24.4. The van der Waals surface area contributed by atoms with E-state index in [0.717, 1.165) is 11.5 Å². The Morgan fingerprint density at radius 1 is 1.44 bits per heavy atom. The predicted octanol–water partition coefficient (Wildman–Crippen LogP) is 2.45. The lowest BCUT2D eigenvalue weighted by atomic mass is 10.1. The first-order valence-corrected chi connectivity index (χ1v) is 6.73. The first-order chi connectivity index (χ1) is 7.66. The van der Waals surface area contributed by atoms with Crippen LogP contribution in [-0.4, -0.2) is 36.1 Å². The molecule has 2 unspecified atom stereocenters. The molecule has 1 aliphatic heterocycles. The first-order valence-electron chi connectivity index (χ1n) is 5.68. The third kappa shape index (κ3) is 2.61. The van der Waals surface area contributed by atoms with Crippen LogP contribution < -0.4 is 10.2 Å². The number of pyridine rings is 1. The molecule has 0 bridgehead atoms. The van der Waals surface area contributed by atoms with Crippen molar-refractivity contribution in [1.82, 2.24) is 4.98 Å². The van der Waals surface area contributed by atoms with E-state index < -0.39 is 0 Å². The van der Waals surface area contributed by atoms with Crippen LogP contribution in [0.15, 0.2) is 18.3 Å². The summed E-state index contributed by atoms with van der Waals surface area (Å²) in [6.07, 6.45) is 3.17. The molecule has 16 heavy (non-hydrogen) atoms. The molecule has 1 fully saturated rings. The van der Waals surface area contributed by atoms with Crippen LogP contribution in [0.3, 0.4) is 0 Å². The Balaban J connectivity index is 1.99. The lowest BCUT2D eigenvalue weighted by Crippen LogP contribution is -2.24. The van der Waals surface area contributed by atoms with E-state index in [-0.39, 0.29) is 0 Å². The molecular formula is C12H19N3S. The van der Waals surface area contributed by atoms with Gasteiger partial charge in [0.25, 0.3) is 0 Å². The Kier molecular flexibility index (Phi) is 3.59. The molecule has 2 heterocycles. The van der Waals surface area contributed by atoms with E-state index >= 15 is 0 Å². The molecular weight excluding hydrogens is 218 g/mol. The van der Waals surface area contributed by atoms with Gasteiger partial charge in [0, 0.05) is 25.4 Å². The van der Waals surface area contributed by atoms with Gasteiger partial charge in [0.2, 0.25) is 0 Å². The molecule has 1 N–H and O–H groups in total. The van der Waals surface area contributed by atoms with Gasteiger partial charge in [0.05, 0.1) is 11.9 Å². The lowest BCUT2D eigenvalue weighted by molar-refractivity contribution is 0.723. The number of nitrogens with zero attached hydrogens (tertiary/aromatic N) is 2. The van der Waals surface area contributed by atoms with Crippen molar-refractivity contribution >= 4 is 23.3 Å². The average molecular weight is 237 g/mol. The fourth-order valence-electron chi connectivity index (χ4n) is 1.87. The second-order valence-electron chi connectivity index (χ2n) is 4.41. The van der Waals surface area contributed by atoms with Gasteiger partial charge < -0.3 is 10.2 Å². The van der Waals surface area contributed by atoms with E-state index in [4.69, 9.17) is 0 Å². The summed E-state index contributed by atoms with van der Waals surface area (Å²) in [4.78, 5) is 6.41. The molecule has 1 aliphatic rings. The number of thioether (sulfide) groups is 1. The lowest BCUT2D eigenvalue weighted by Gasteiger charge is -2.18. The van der Waals surface area contributed by atoms with Gasteiger partial charge in [-0.15, -0.1) is 0 Å². The van der Waals surface area contributed by atoms with Crippen LogP contribution >= 0.6 is 11.8 Å². The van der Waals surface area contributed by atoms with Gasteiger partial charge in [-0.05, 0) is 24.3 Å². The molecule has 2 rings (SSSR count). The number of nitrogens with one attached hydrogen (secondary N) is 1. The molecule has 3 nitrogen and oxygen atoms in total. The topological polar surface area (TPSA) is 28.2 Å². The zero-order valence-electron chi connectivity index (χ0n) is 10.1. The van der Waals surface area contributed by atoms with Crippen molar-refractivity contribution in [2.75, 3.05) is 30.1 Å². The van der Waals surface area contributed by atoms with E-state index in [0.29, 0.717) is 11.3 Å². The fraction of sp³-hybridized carbons (Fsp3) is 0.583. The van der Waals surface area contributed by atoms with Crippen LogP contribution in [0.1, 0.15) is 13.3 Å². The quantitative estimate of drug-likeness (QED) is 0.874. The highest BCUT2D eigenvalue weighted by molar-refractivity contribution is 8.00. The zero-order chi connectivity index (χ0) is 11.5. The fourth-order valence-corrected chi connectivity index (χ4v) is 3.07. The highest BCUT2D eigenvalue weighted by Gasteiger charge is 2.23. The van der Waals surface area contributed by atoms with Crippen molar-refractivity contribution in [3.05, 3.63) is 18.3 Å². The third-order valence-electron chi connectivity index (χ3n) is 2.93. The van der Waals surface area contributed by atoms with Crippen molar-refractivity contribution < 1.29 is 0 Å². The highest BCUT2D eigenvalue weighted by atomic mass is 32.2. The van der Waals surface area contributed by atoms with Gasteiger partial charge in [-0.2, -0.15) is 11.8 Å². The van der Waals surface area contributed by atoms with Gasteiger partial charge in [-0.1, -0.05) is 6.92 Å². The first kappa shape index (κ1) is 11.6. The molecule has 4 heteroatoms. The molecule has 0 radical (unpaired) electrons. The SMILES string of the molecule is CC1SCCC1Nc1ccc(N(C)C)nc1. The molecule has 1 aromatic rings. The summed E-state index contributed by atoms with van der Waals surface area (Å²) >= 11 is 2.04. The minimum atomic E-state index is 0.594. The summed E-state index contributed by atoms with van der Waals surface area (Å²) in [6, 6.07) is 4.75. The van der Waals surface area contributed by atoms with Crippen LogP contribution in [0.25, 0.3) is 0 Å². The van der Waals surface area contributed by atoms with Crippen molar-refractivity contribution in [2.24, 2.45) is 0 Å². The molecule has 0 spiro atoms. The minimum absolute atomic E-state index is 0.594. The summed E-state index contributed by atoms with van der Waals surface area (Å²) in [6.45, 7) is 2.29. The average Bonchev–Trinajstić information content (AvgIpc) is 2.65. The predicted molar refractivity (Wildman–Crippen MR) is 72.5 cm³/mol. The van der Waals surface area contributed by atoms with E-state index in [1.54, 1.807) is 0 Å². The Morgan fingerprint density at radius 3 is 2.75 bits per heavy atom. The van der Waals surface area contributed by atoms with Crippen molar-refractivity contribution in [2.45, 2.75) is 24.6 Å². The molecule has 0 amide bonds. The van der Waals surface area contributed by atoms with Gasteiger partial charge in [0.1, 0.15) is 5.82 Å². The minimum Gasteiger partial charge on any atom is -0.380 e. The third-order valence-corrected chi connectivity index (χ3v) is 4.26. The highest BCUT2D eigenvalue weighted by Crippen LogP contribution is 2.28. The van der Waals surface area contributed by atoms with Crippen LogP contribution in [0.2, 0.25) is 0 Å². The van der Waals surface area contributed by atoms with E-state index in [2.05, 4.69) is 29.4 Å². The van der Waals surface area contributed by atoms with Crippen molar-refractivity contribution in [3.8, 4) is 0 Å². The second-order valence-corrected chi connectivity index (χ2v) is 5.90. The Hall–Kier alpha value is -0.900.